The zero-order valence-corrected chi connectivity index (χ0v) is 13.5. The van der Waals surface area contributed by atoms with Gasteiger partial charge in [-0.1, -0.05) is 0 Å². The molecule has 21 heavy (non-hydrogen) atoms. The SMILES string of the molecule is COC[C@@H](C)Nc1cc(N2CCC(CN(C)C)C2)ncn1. The Bertz CT molecular complexity index is 440. The van der Waals surface area contributed by atoms with Crippen molar-refractivity contribution in [3.8, 4) is 0 Å². The summed E-state index contributed by atoms with van der Waals surface area (Å²) in [5, 5.41) is 3.34. The Labute approximate surface area is 127 Å². The number of nitrogens with one attached hydrogen (secondary N) is 1. The summed E-state index contributed by atoms with van der Waals surface area (Å²) in [7, 11) is 5.97. The first-order valence-corrected chi connectivity index (χ1v) is 7.55. The Morgan fingerprint density at radius 1 is 1.48 bits per heavy atom. The number of methoxy groups -OCH3 is 1. The van der Waals surface area contributed by atoms with E-state index in [9.17, 15) is 0 Å². The van der Waals surface area contributed by atoms with Gasteiger partial charge in [0.2, 0.25) is 0 Å². The van der Waals surface area contributed by atoms with Gasteiger partial charge in [0, 0.05) is 38.9 Å². The van der Waals surface area contributed by atoms with E-state index >= 15 is 0 Å². The molecule has 1 N–H and O–H groups in total. The summed E-state index contributed by atoms with van der Waals surface area (Å²) in [5.74, 6) is 2.60. The smallest absolute Gasteiger partial charge is 0.134 e. The largest absolute Gasteiger partial charge is 0.383 e. The highest BCUT2D eigenvalue weighted by Gasteiger charge is 2.24. The van der Waals surface area contributed by atoms with E-state index in [0.717, 1.165) is 37.2 Å². The van der Waals surface area contributed by atoms with Crippen LogP contribution in [0.1, 0.15) is 13.3 Å². The van der Waals surface area contributed by atoms with Crippen LogP contribution in [-0.2, 0) is 4.74 Å². The van der Waals surface area contributed by atoms with Crippen LogP contribution in [-0.4, -0.2) is 68.4 Å². The molecule has 2 heterocycles. The first-order valence-electron chi connectivity index (χ1n) is 7.55. The third kappa shape index (κ3) is 4.82. The molecule has 0 aromatic carbocycles. The normalized spacial score (nSPS) is 20.0. The van der Waals surface area contributed by atoms with Crippen LogP contribution in [0.25, 0.3) is 0 Å². The molecule has 0 spiro atoms. The van der Waals surface area contributed by atoms with Crippen molar-refractivity contribution in [2.24, 2.45) is 5.92 Å². The Morgan fingerprint density at radius 2 is 2.29 bits per heavy atom. The number of hydrogen-bond donors (Lipinski definition) is 1. The molecule has 6 nitrogen and oxygen atoms in total. The Kier molecular flexibility index (Phi) is 5.76. The van der Waals surface area contributed by atoms with E-state index in [2.05, 4.69) is 46.1 Å². The monoisotopic (exact) mass is 293 g/mol. The second kappa shape index (κ2) is 7.56. The summed E-state index contributed by atoms with van der Waals surface area (Å²) in [6.45, 7) is 6.02. The minimum absolute atomic E-state index is 0.234. The number of hydrogen-bond acceptors (Lipinski definition) is 6. The molecule has 0 radical (unpaired) electrons. The second-order valence-corrected chi connectivity index (χ2v) is 6.13. The first kappa shape index (κ1) is 16.0. The molecule has 1 aliphatic heterocycles. The van der Waals surface area contributed by atoms with Crippen molar-refractivity contribution in [2.45, 2.75) is 19.4 Å². The van der Waals surface area contributed by atoms with Gasteiger partial charge >= 0.3 is 0 Å². The van der Waals surface area contributed by atoms with Gasteiger partial charge in [-0.25, -0.2) is 9.97 Å². The minimum atomic E-state index is 0.234. The predicted octanol–water partition coefficient (Wildman–Crippen LogP) is 1.31. The fourth-order valence-electron chi connectivity index (χ4n) is 2.85. The molecule has 1 aromatic rings. The molecule has 6 heteroatoms. The van der Waals surface area contributed by atoms with Gasteiger partial charge in [-0.2, -0.15) is 0 Å². The number of anilines is 2. The van der Waals surface area contributed by atoms with Crippen LogP contribution in [0.3, 0.4) is 0 Å². The third-order valence-electron chi connectivity index (χ3n) is 3.70. The van der Waals surface area contributed by atoms with Crippen LogP contribution in [0.15, 0.2) is 12.4 Å². The summed E-state index contributed by atoms with van der Waals surface area (Å²) in [5.41, 5.74) is 0. The van der Waals surface area contributed by atoms with Crippen molar-refractivity contribution in [1.82, 2.24) is 14.9 Å². The van der Waals surface area contributed by atoms with E-state index in [1.807, 2.05) is 6.07 Å². The maximum absolute atomic E-state index is 5.14. The second-order valence-electron chi connectivity index (χ2n) is 6.13. The van der Waals surface area contributed by atoms with Crippen LogP contribution < -0.4 is 10.2 Å². The molecule has 0 aliphatic carbocycles. The van der Waals surface area contributed by atoms with Crippen LogP contribution in [0, 0.1) is 5.92 Å². The van der Waals surface area contributed by atoms with Crippen LogP contribution in [0.5, 0.6) is 0 Å². The number of nitrogens with zero attached hydrogens (tertiary/aromatic N) is 4. The lowest BCUT2D eigenvalue weighted by Crippen LogP contribution is -2.26. The van der Waals surface area contributed by atoms with Gasteiger partial charge in [0.05, 0.1) is 6.61 Å². The maximum Gasteiger partial charge on any atom is 0.134 e. The van der Waals surface area contributed by atoms with Gasteiger partial charge < -0.3 is 19.9 Å². The van der Waals surface area contributed by atoms with Crippen molar-refractivity contribution in [3.63, 3.8) is 0 Å². The van der Waals surface area contributed by atoms with Gasteiger partial charge in [-0.3, -0.25) is 0 Å². The van der Waals surface area contributed by atoms with Crippen LogP contribution in [0.4, 0.5) is 11.6 Å². The zero-order valence-electron chi connectivity index (χ0n) is 13.5. The Hall–Kier alpha value is -1.40. The summed E-state index contributed by atoms with van der Waals surface area (Å²) < 4.78 is 5.14. The molecule has 0 amide bonds. The van der Waals surface area contributed by atoms with Gasteiger partial charge in [0.25, 0.3) is 0 Å². The number of rotatable bonds is 7. The van der Waals surface area contributed by atoms with E-state index in [-0.39, 0.29) is 6.04 Å². The van der Waals surface area contributed by atoms with Crippen molar-refractivity contribution in [1.29, 1.82) is 0 Å². The Balaban J connectivity index is 1.95. The number of aromatic nitrogens is 2. The topological polar surface area (TPSA) is 53.5 Å². The lowest BCUT2D eigenvalue weighted by Gasteiger charge is -2.20. The highest BCUT2D eigenvalue weighted by Crippen LogP contribution is 2.23. The lowest BCUT2D eigenvalue weighted by atomic mass is 10.1. The highest BCUT2D eigenvalue weighted by atomic mass is 16.5. The lowest BCUT2D eigenvalue weighted by molar-refractivity contribution is 0.190. The van der Waals surface area contributed by atoms with Crippen molar-refractivity contribution in [2.75, 3.05) is 57.7 Å². The molecule has 118 valence electrons. The minimum Gasteiger partial charge on any atom is -0.383 e. The summed E-state index contributed by atoms with van der Waals surface area (Å²) in [4.78, 5) is 13.3. The van der Waals surface area contributed by atoms with Gasteiger partial charge in [0.15, 0.2) is 0 Å². The molecule has 1 aromatic heterocycles. The molecular formula is C15H27N5O. The summed E-state index contributed by atoms with van der Waals surface area (Å²) in [6.07, 6.45) is 2.86. The third-order valence-corrected chi connectivity index (χ3v) is 3.70. The number of ether oxygens (including phenoxy) is 1. The van der Waals surface area contributed by atoms with Crippen LogP contribution in [0.2, 0.25) is 0 Å². The van der Waals surface area contributed by atoms with E-state index in [0.29, 0.717) is 6.61 Å². The molecule has 1 aliphatic rings. The summed E-state index contributed by atoms with van der Waals surface area (Å²) >= 11 is 0. The van der Waals surface area contributed by atoms with E-state index in [1.165, 1.54) is 6.42 Å². The average molecular weight is 293 g/mol. The van der Waals surface area contributed by atoms with Crippen molar-refractivity contribution < 1.29 is 4.74 Å². The van der Waals surface area contributed by atoms with Crippen LogP contribution >= 0.6 is 0 Å². The van der Waals surface area contributed by atoms with Gasteiger partial charge in [-0.05, 0) is 33.4 Å². The van der Waals surface area contributed by atoms with Gasteiger partial charge in [0.1, 0.15) is 18.0 Å². The zero-order chi connectivity index (χ0) is 15.2. The standard InChI is InChI=1S/C15H27N5O/c1-12(10-21-4)18-14-7-15(17-11-16-14)20-6-5-13(9-20)8-19(2)3/h7,11-13H,5-6,8-10H2,1-4H3,(H,16,17,18)/t12-,13?/m1/s1. The molecule has 2 atom stereocenters. The average Bonchev–Trinajstić information content (AvgIpc) is 2.87. The molecule has 1 unspecified atom stereocenters. The highest BCUT2D eigenvalue weighted by molar-refractivity contribution is 5.49. The molecule has 0 bridgehead atoms. The molecule has 2 rings (SSSR count). The molecular weight excluding hydrogens is 266 g/mol. The Morgan fingerprint density at radius 3 is 3.00 bits per heavy atom. The van der Waals surface area contributed by atoms with E-state index in [4.69, 9.17) is 4.74 Å². The molecule has 0 saturated carbocycles. The molecule has 1 fully saturated rings. The fraction of sp³-hybridized carbons (Fsp3) is 0.733. The quantitative estimate of drug-likeness (QED) is 0.818. The van der Waals surface area contributed by atoms with Crippen molar-refractivity contribution >= 4 is 11.6 Å². The first-order chi connectivity index (χ1) is 10.1. The molecule has 1 saturated heterocycles. The van der Waals surface area contributed by atoms with E-state index < -0.39 is 0 Å². The fourth-order valence-corrected chi connectivity index (χ4v) is 2.85. The van der Waals surface area contributed by atoms with E-state index in [1.54, 1.807) is 13.4 Å². The summed E-state index contributed by atoms with van der Waals surface area (Å²) in [6, 6.07) is 2.27. The maximum atomic E-state index is 5.14. The van der Waals surface area contributed by atoms with Gasteiger partial charge in [-0.15, -0.1) is 0 Å². The van der Waals surface area contributed by atoms with Crippen molar-refractivity contribution in [3.05, 3.63) is 12.4 Å². The predicted molar refractivity (Wildman–Crippen MR) is 85.9 cm³/mol.